The zero-order chi connectivity index (χ0) is 27.7. The molecule has 1 aliphatic heterocycles. The Balaban J connectivity index is 1.20. The molecule has 1 amide bonds. The van der Waals surface area contributed by atoms with E-state index in [1.165, 1.54) is 12.5 Å². The number of aliphatic hydroxyl groups is 1. The summed E-state index contributed by atoms with van der Waals surface area (Å²) in [5.41, 5.74) is 0.780. The Morgan fingerprint density at radius 3 is 2.62 bits per heavy atom. The van der Waals surface area contributed by atoms with E-state index in [0.717, 1.165) is 55.4 Å². The number of amides is 1. The largest absolute Gasteiger partial charge is 0.422 e. The zero-order valence-corrected chi connectivity index (χ0v) is 22.3. The first-order valence-corrected chi connectivity index (χ1v) is 14.1. The molecule has 5 heterocycles. The summed E-state index contributed by atoms with van der Waals surface area (Å²) in [6, 6.07) is 8.92. The molecule has 3 saturated carbocycles. The van der Waals surface area contributed by atoms with E-state index in [1.807, 2.05) is 29.7 Å². The Morgan fingerprint density at radius 1 is 1.12 bits per heavy atom. The smallest absolute Gasteiger partial charge is 0.375 e. The van der Waals surface area contributed by atoms with E-state index in [1.54, 1.807) is 16.8 Å². The van der Waals surface area contributed by atoms with Crippen LogP contribution in [0.15, 0.2) is 36.5 Å². The number of nitrogens with zero attached hydrogens (tertiary/aromatic N) is 5. The molecule has 40 heavy (non-hydrogen) atoms. The Hall–Kier alpha value is -3.40. The molecule has 4 aromatic heterocycles. The standard InChI is InChI=1S/C30H30F3N5O2/c1-15-21-7-5-18(28(39)37-13-20-9-19-11-22(37)25(19)20)14-38(21)35-26(15)23-10-17-6-8-24(29(2,40)30(31,32)33)34-27(17)36(23)12-16-3-4-16/h5-8,10,14,16,19-20,22,25,40H,3-4,9,11-13H2,1-2H3/t19?,20?,22?,25-,29?/m1/s1. The lowest BCUT2D eigenvalue weighted by Gasteiger charge is -2.52. The van der Waals surface area contributed by atoms with Gasteiger partial charge >= 0.3 is 6.18 Å². The molecule has 4 aliphatic rings. The van der Waals surface area contributed by atoms with Gasteiger partial charge in [0.1, 0.15) is 11.3 Å². The van der Waals surface area contributed by atoms with Crippen LogP contribution < -0.4 is 0 Å². The maximum absolute atomic E-state index is 13.6. The molecule has 0 spiro atoms. The number of hydrogen-bond donors (Lipinski definition) is 1. The highest BCUT2D eigenvalue weighted by atomic mass is 19.4. The molecule has 1 N–H and O–H groups in total. The Bertz CT molecular complexity index is 1720. The van der Waals surface area contributed by atoms with Crippen LogP contribution in [0.2, 0.25) is 0 Å². The van der Waals surface area contributed by atoms with E-state index in [-0.39, 0.29) is 5.91 Å². The lowest BCUT2D eigenvalue weighted by molar-refractivity contribution is -0.260. The van der Waals surface area contributed by atoms with Crippen LogP contribution in [0.5, 0.6) is 0 Å². The summed E-state index contributed by atoms with van der Waals surface area (Å²) in [6.45, 7) is 4.17. The molecule has 4 fully saturated rings. The SMILES string of the molecule is Cc1c(-c2cc3ccc(C(C)(O)C(F)(F)F)nc3n2CC2CC2)nn2cc(C(=O)N3CC4CC5CC3[C@H]54)ccc12. The highest BCUT2D eigenvalue weighted by Crippen LogP contribution is 2.60. The van der Waals surface area contributed by atoms with Gasteiger partial charge in [0, 0.05) is 36.3 Å². The van der Waals surface area contributed by atoms with Crippen molar-refractivity contribution in [3.8, 4) is 11.4 Å². The second-order valence-electron chi connectivity index (χ2n) is 12.6. The molecule has 4 aromatic rings. The van der Waals surface area contributed by atoms with Crippen molar-refractivity contribution in [3.63, 3.8) is 0 Å². The van der Waals surface area contributed by atoms with Gasteiger partial charge in [-0.1, -0.05) is 0 Å². The summed E-state index contributed by atoms with van der Waals surface area (Å²) in [7, 11) is 0. The molecular weight excluding hydrogens is 519 g/mol. The van der Waals surface area contributed by atoms with Crippen molar-refractivity contribution in [1.29, 1.82) is 0 Å². The highest BCUT2D eigenvalue weighted by molar-refractivity contribution is 5.95. The molecule has 5 atom stereocenters. The number of halogens is 3. The second kappa shape index (κ2) is 7.87. The molecule has 8 rings (SSSR count). The van der Waals surface area contributed by atoms with Crippen LogP contribution in [0.4, 0.5) is 13.2 Å². The van der Waals surface area contributed by atoms with Crippen molar-refractivity contribution < 1.29 is 23.1 Å². The molecule has 208 valence electrons. The third kappa shape index (κ3) is 3.31. The van der Waals surface area contributed by atoms with Gasteiger partial charge in [-0.2, -0.15) is 18.3 Å². The van der Waals surface area contributed by atoms with Crippen molar-refractivity contribution in [2.45, 2.75) is 63.9 Å². The van der Waals surface area contributed by atoms with Gasteiger partial charge in [0.05, 0.1) is 22.5 Å². The fourth-order valence-corrected chi connectivity index (χ4v) is 7.39. The molecule has 10 heteroatoms. The minimum Gasteiger partial charge on any atom is -0.375 e. The Morgan fingerprint density at radius 2 is 1.93 bits per heavy atom. The Labute approximate surface area is 228 Å². The molecule has 1 saturated heterocycles. The fourth-order valence-electron chi connectivity index (χ4n) is 7.39. The Kier molecular flexibility index (Phi) is 4.80. The number of alkyl halides is 3. The van der Waals surface area contributed by atoms with E-state index < -0.39 is 17.5 Å². The van der Waals surface area contributed by atoms with Crippen molar-refractivity contribution in [2.24, 2.45) is 23.7 Å². The lowest BCUT2D eigenvalue weighted by atomic mass is 9.53. The first-order valence-electron chi connectivity index (χ1n) is 14.1. The minimum atomic E-state index is -4.85. The van der Waals surface area contributed by atoms with Gasteiger partial charge in [-0.25, -0.2) is 9.50 Å². The predicted molar refractivity (Wildman–Crippen MR) is 142 cm³/mol. The maximum Gasteiger partial charge on any atom is 0.422 e. The number of rotatable bonds is 5. The number of aryl methyl sites for hydroxylation is 1. The summed E-state index contributed by atoms with van der Waals surface area (Å²) >= 11 is 0. The van der Waals surface area contributed by atoms with Crippen LogP contribution in [0.3, 0.4) is 0 Å². The van der Waals surface area contributed by atoms with Crippen molar-refractivity contribution in [3.05, 3.63) is 53.3 Å². The molecule has 3 aliphatic carbocycles. The zero-order valence-electron chi connectivity index (χ0n) is 22.3. The molecular formula is C30H30F3N5O2. The summed E-state index contributed by atoms with van der Waals surface area (Å²) in [5, 5.41) is 15.9. The van der Waals surface area contributed by atoms with E-state index in [2.05, 4.69) is 9.88 Å². The summed E-state index contributed by atoms with van der Waals surface area (Å²) < 4.78 is 44.5. The fraction of sp³-hybridized carbons (Fsp3) is 0.500. The number of likely N-dealkylation sites (tertiary alicyclic amines) is 1. The van der Waals surface area contributed by atoms with Crippen LogP contribution in [-0.2, 0) is 12.1 Å². The first kappa shape index (κ1) is 24.4. The molecule has 0 radical (unpaired) electrons. The number of carbonyl (C=O) groups is 1. The van der Waals surface area contributed by atoms with Crippen LogP contribution in [0.1, 0.15) is 54.2 Å². The van der Waals surface area contributed by atoms with Gasteiger partial charge in [0.15, 0.2) is 5.60 Å². The van der Waals surface area contributed by atoms with Crippen LogP contribution in [-0.4, -0.2) is 53.8 Å². The number of pyridine rings is 2. The van der Waals surface area contributed by atoms with Crippen LogP contribution in [0.25, 0.3) is 27.9 Å². The number of fused-ring (bicyclic) bond motifs is 2. The number of hydrogen-bond acceptors (Lipinski definition) is 4. The summed E-state index contributed by atoms with van der Waals surface area (Å²) in [5.74, 6) is 2.67. The van der Waals surface area contributed by atoms with E-state index in [9.17, 15) is 23.1 Å². The number of carbonyl (C=O) groups excluding carboxylic acids is 1. The van der Waals surface area contributed by atoms with Gasteiger partial charge in [-0.05, 0) is 93.5 Å². The summed E-state index contributed by atoms with van der Waals surface area (Å²) in [6.07, 6.45) is 1.43. The van der Waals surface area contributed by atoms with E-state index in [0.29, 0.717) is 52.6 Å². The molecule has 0 aromatic carbocycles. The number of aromatic nitrogens is 4. The second-order valence-corrected chi connectivity index (χ2v) is 12.6. The van der Waals surface area contributed by atoms with E-state index >= 15 is 0 Å². The third-order valence-electron chi connectivity index (χ3n) is 10.1. The lowest BCUT2D eigenvalue weighted by Crippen LogP contribution is -2.53. The molecule has 4 unspecified atom stereocenters. The normalized spacial score (nSPS) is 27.0. The average molecular weight is 550 g/mol. The van der Waals surface area contributed by atoms with E-state index in [4.69, 9.17) is 5.10 Å². The van der Waals surface area contributed by atoms with Gasteiger partial charge < -0.3 is 14.6 Å². The van der Waals surface area contributed by atoms with Gasteiger partial charge in [0.25, 0.3) is 5.91 Å². The van der Waals surface area contributed by atoms with Gasteiger partial charge in [-0.3, -0.25) is 4.79 Å². The molecule has 0 bridgehead atoms. The quantitative estimate of drug-likeness (QED) is 0.366. The minimum absolute atomic E-state index is 0.0609. The van der Waals surface area contributed by atoms with Gasteiger partial charge in [0.2, 0.25) is 0 Å². The monoisotopic (exact) mass is 549 g/mol. The van der Waals surface area contributed by atoms with Crippen LogP contribution in [0, 0.1) is 30.6 Å². The van der Waals surface area contributed by atoms with Crippen molar-refractivity contribution in [2.75, 3.05) is 6.54 Å². The van der Waals surface area contributed by atoms with Crippen molar-refractivity contribution in [1.82, 2.24) is 24.1 Å². The highest BCUT2D eigenvalue weighted by Gasteiger charge is 2.61. The van der Waals surface area contributed by atoms with Crippen molar-refractivity contribution >= 4 is 22.5 Å². The van der Waals surface area contributed by atoms with Crippen LogP contribution >= 0.6 is 0 Å². The molecule has 7 nitrogen and oxygen atoms in total. The topological polar surface area (TPSA) is 75.7 Å². The van der Waals surface area contributed by atoms with Gasteiger partial charge in [-0.15, -0.1) is 0 Å². The third-order valence-corrected chi connectivity index (χ3v) is 10.1. The predicted octanol–water partition coefficient (Wildman–Crippen LogP) is 5.32. The maximum atomic E-state index is 13.6. The first-order chi connectivity index (χ1) is 19.0. The summed E-state index contributed by atoms with van der Waals surface area (Å²) in [4.78, 5) is 19.9. The average Bonchev–Trinajstić information content (AvgIpc) is 3.57.